The Balaban J connectivity index is 2.90. The topological polar surface area (TPSA) is 26.0 Å². The molecular weight excluding hydrogens is 172 g/mol. The van der Waals surface area contributed by atoms with Gasteiger partial charge in [0.1, 0.15) is 11.5 Å². The summed E-state index contributed by atoms with van der Waals surface area (Å²) in [5, 5.41) is 0. The summed E-state index contributed by atoms with van der Waals surface area (Å²) in [7, 11) is 0. The Morgan fingerprint density at radius 2 is 1.69 bits per heavy atom. The molecule has 0 saturated heterocycles. The van der Waals surface area contributed by atoms with Crippen molar-refractivity contribution in [2.45, 2.75) is 25.6 Å². The Labute approximate surface area is 76.6 Å². The van der Waals surface area contributed by atoms with Crippen molar-refractivity contribution in [2.75, 3.05) is 0 Å². The standard InChI is InChI=1S/C10H13F2N/c1-10(2,12)9(13)7-3-5-8(11)6-4-7/h3-6,9H,13H2,1-2H3. The zero-order valence-electron chi connectivity index (χ0n) is 7.72. The zero-order valence-corrected chi connectivity index (χ0v) is 7.72. The first kappa shape index (κ1) is 10.1. The summed E-state index contributed by atoms with van der Waals surface area (Å²) in [5.74, 6) is -0.340. The fourth-order valence-corrected chi connectivity index (χ4v) is 1.07. The normalized spacial score (nSPS) is 14.2. The third-order valence-corrected chi connectivity index (χ3v) is 1.97. The van der Waals surface area contributed by atoms with Crippen LogP contribution < -0.4 is 5.73 Å². The Morgan fingerprint density at radius 1 is 1.23 bits per heavy atom. The lowest BCUT2D eigenvalue weighted by atomic mass is 9.94. The van der Waals surface area contributed by atoms with Crippen molar-refractivity contribution in [1.29, 1.82) is 0 Å². The summed E-state index contributed by atoms with van der Waals surface area (Å²) in [4.78, 5) is 0. The molecule has 1 unspecified atom stereocenters. The monoisotopic (exact) mass is 185 g/mol. The molecule has 0 aliphatic rings. The van der Waals surface area contributed by atoms with E-state index in [1.54, 1.807) is 0 Å². The van der Waals surface area contributed by atoms with Gasteiger partial charge in [-0.25, -0.2) is 8.78 Å². The molecular formula is C10H13F2N. The first-order chi connectivity index (χ1) is 5.91. The molecule has 0 aliphatic carbocycles. The highest BCUT2D eigenvalue weighted by Crippen LogP contribution is 2.26. The second-order valence-electron chi connectivity index (χ2n) is 3.59. The lowest BCUT2D eigenvalue weighted by molar-refractivity contribution is 0.174. The SMILES string of the molecule is CC(C)(F)C(N)c1ccc(F)cc1. The maximum absolute atomic E-state index is 13.3. The highest BCUT2D eigenvalue weighted by molar-refractivity contribution is 5.21. The highest BCUT2D eigenvalue weighted by Gasteiger charge is 2.26. The summed E-state index contributed by atoms with van der Waals surface area (Å²) >= 11 is 0. The van der Waals surface area contributed by atoms with Gasteiger partial charge in [0, 0.05) is 0 Å². The summed E-state index contributed by atoms with van der Waals surface area (Å²) in [6, 6.07) is 4.85. The van der Waals surface area contributed by atoms with Gasteiger partial charge in [-0.05, 0) is 31.5 Å². The maximum atomic E-state index is 13.3. The molecule has 72 valence electrons. The van der Waals surface area contributed by atoms with E-state index in [2.05, 4.69) is 0 Å². The van der Waals surface area contributed by atoms with Crippen molar-refractivity contribution in [1.82, 2.24) is 0 Å². The minimum atomic E-state index is -1.49. The van der Waals surface area contributed by atoms with Gasteiger partial charge in [-0.1, -0.05) is 12.1 Å². The van der Waals surface area contributed by atoms with Gasteiger partial charge in [-0.3, -0.25) is 0 Å². The molecule has 0 spiro atoms. The van der Waals surface area contributed by atoms with Gasteiger partial charge in [0.15, 0.2) is 0 Å². The Kier molecular flexibility index (Phi) is 2.66. The summed E-state index contributed by atoms with van der Waals surface area (Å²) < 4.78 is 25.9. The Bertz CT molecular complexity index is 274. The molecule has 0 heterocycles. The van der Waals surface area contributed by atoms with Crippen LogP contribution in [0, 0.1) is 5.82 Å². The highest BCUT2D eigenvalue weighted by atomic mass is 19.1. The molecule has 0 saturated carbocycles. The van der Waals surface area contributed by atoms with Crippen LogP contribution in [-0.2, 0) is 0 Å². The Hall–Kier alpha value is -0.960. The molecule has 0 fully saturated rings. The van der Waals surface area contributed by atoms with Gasteiger partial charge in [-0.15, -0.1) is 0 Å². The Morgan fingerprint density at radius 3 is 2.08 bits per heavy atom. The van der Waals surface area contributed by atoms with E-state index in [1.807, 2.05) is 0 Å². The molecule has 0 amide bonds. The minimum absolute atomic E-state index is 0.340. The van der Waals surface area contributed by atoms with Crippen LogP contribution in [0.3, 0.4) is 0 Å². The lowest BCUT2D eigenvalue weighted by Crippen LogP contribution is -2.30. The molecule has 1 rings (SSSR count). The number of benzene rings is 1. The van der Waals surface area contributed by atoms with E-state index in [1.165, 1.54) is 38.1 Å². The average molecular weight is 185 g/mol. The van der Waals surface area contributed by atoms with E-state index in [0.717, 1.165) is 0 Å². The molecule has 13 heavy (non-hydrogen) atoms. The van der Waals surface area contributed by atoms with Gasteiger partial charge in [0.05, 0.1) is 6.04 Å². The van der Waals surface area contributed by atoms with Crippen LogP contribution in [0.15, 0.2) is 24.3 Å². The molecule has 0 bridgehead atoms. The molecule has 1 nitrogen and oxygen atoms in total. The van der Waals surface area contributed by atoms with Crippen molar-refractivity contribution < 1.29 is 8.78 Å². The first-order valence-electron chi connectivity index (χ1n) is 4.11. The number of alkyl halides is 1. The van der Waals surface area contributed by atoms with Gasteiger partial charge >= 0.3 is 0 Å². The van der Waals surface area contributed by atoms with Gasteiger partial charge in [0.25, 0.3) is 0 Å². The maximum Gasteiger partial charge on any atom is 0.124 e. The van der Waals surface area contributed by atoms with E-state index in [4.69, 9.17) is 5.73 Å². The second-order valence-corrected chi connectivity index (χ2v) is 3.59. The number of hydrogen-bond acceptors (Lipinski definition) is 1. The number of halogens is 2. The number of nitrogens with two attached hydrogens (primary N) is 1. The van der Waals surface area contributed by atoms with Gasteiger partial charge in [-0.2, -0.15) is 0 Å². The van der Waals surface area contributed by atoms with Crippen LogP contribution in [0.25, 0.3) is 0 Å². The van der Waals surface area contributed by atoms with Crippen LogP contribution in [-0.4, -0.2) is 5.67 Å². The molecule has 1 aromatic rings. The van der Waals surface area contributed by atoms with E-state index in [0.29, 0.717) is 5.56 Å². The fraction of sp³-hybridized carbons (Fsp3) is 0.400. The number of rotatable bonds is 2. The summed E-state index contributed by atoms with van der Waals surface area (Å²) in [6.07, 6.45) is 0. The lowest BCUT2D eigenvalue weighted by Gasteiger charge is -2.23. The van der Waals surface area contributed by atoms with Crippen LogP contribution in [0.4, 0.5) is 8.78 Å². The summed E-state index contributed by atoms with van der Waals surface area (Å²) in [5.41, 5.74) is 4.74. The average Bonchev–Trinajstić information content (AvgIpc) is 2.03. The summed E-state index contributed by atoms with van der Waals surface area (Å²) in [6.45, 7) is 2.81. The molecule has 1 atom stereocenters. The van der Waals surface area contributed by atoms with Crippen LogP contribution in [0.1, 0.15) is 25.5 Å². The van der Waals surface area contributed by atoms with Gasteiger partial charge in [0.2, 0.25) is 0 Å². The van der Waals surface area contributed by atoms with E-state index >= 15 is 0 Å². The van der Waals surface area contributed by atoms with Crippen molar-refractivity contribution >= 4 is 0 Å². The largest absolute Gasteiger partial charge is 0.321 e. The minimum Gasteiger partial charge on any atom is -0.321 e. The molecule has 3 heteroatoms. The quantitative estimate of drug-likeness (QED) is 0.752. The van der Waals surface area contributed by atoms with Gasteiger partial charge < -0.3 is 5.73 Å². The third-order valence-electron chi connectivity index (χ3n) is 1.97. The molecule has 2 N–H and O–H groups in total. The predicted molar refractivity (Wildman–Crippen MR) is 48.5 cm³/mol. The van der Waals surface area contributed by atoms with Crippen molar-refractivity contribution in [3.63, 3.8) is 0 Å². The van der Waals surface area contributed by atoms with Crippen molar-refractivity contribution in [3.05, 3.63) is 35.6 Å². The fourth-order valence-electron chi connectivity index (χ4n) is 1.07. The predicted octanol–water partition coefficient (Wildman–Crippen LogP) is 2.57. The molecule has 0 aromatic heterocycles. The third kappa shape index (κ3) is 2.49. The second kappa shape index (κ2) is 3.42. The molecule has 0 radical (unpaired) electrons. The van der Waals surface area contributed by atoms with Crippen LogP contribution in [0.5, 0.6) is 0 Å². The number of hydrogen-bond donors (Lipinski definition) is 1. The van der Waals surface area contributed by atoms with Crippen molar-refractivity contribution in [3.8, 4) is 0 Å². The van der Waals surface area contributed by atoms with E-state index in [9.17, 15) is 8.78 Å². The molecule has 0 aliphatic heterocycles. The first-order valence-corrected chi connectivity index (χ1v) is 4.11. The molecule has 1 aromatic carbocycles. The van der Waals surface area contributed by atoms with Crippen LogP contribution >= 0.6 is 0 Å². The van der Waals surface area contributed by atoms with Crippen molar-refractivity contribution in [2.24, 2.45) is 5.73 Å². The zero-order chi connectivity index (χ0) is 10.1. The smallest absolute Gasteiger partial charge is 0.124 e. The van der Waals surface area contributed by atoms with Crippen LogP contribution in [0.2, 0.25) is 0 Å². The van der Waals surface area contributed by atoms with E-state index < -0.39 is 11.7 Å². The van der Waals surface area contributed by atoms with E-state index in [-0.39, 0.29) is 5.82 Å².